The Bertz CT molecular complexity index is 408. The Morgan fingerprint density at radius 1 is 1.07 bits per heavy atom. The summed E-state index contributed by atoms with van der Waals surface area (Å²) in [7, 11) is -5.45. The van der Waals surface area contributed by atoms with E-state index in [0.717, 1.165) is 12.1 Å². The summed E-state index contributed by atoms with van der Waals surface area (Å²) in [5.41, 5.74) is -2.83. The van der Waals surface area contributed by atoms with Crippen LogP contribution < -0.4 is 14.7 Å². The molecule has 7 heteroatoms. The second-order valence-corrected chi connectivity index (χ2v) is 4.05. The minimum Gasteiger partial charge on any atom is -0.681 e. The first-order valence-corrected chi connectivity index (χ1v) is 5.27. The first-order valence-electron chi connectivity index (χ1n) is 3.73. The van der Waals surface area contributed by atoms with Crippen LogP contribution in [0.1, 0.15) is 20.7 Å². The molecule has 0 fully saturated rings. The fourth-order valence-electron chi connectivity index (χ4n) is 1.00. The van der Waals surface area contributed by atoms with Crippen LogP contribution in [-0.2, 0) is 0 Å². The van der Waals surface area contributed by atoms with Gasteiger partial charge in [0.2, 0.25) is 0 Å². The fraction of sp³-hybridized carbons (Fsp3) is 0. The number of carboxylic acid groups (broad SMARTS) is 1. The molecule has 0 atom stereocenters. The molecular weight excluding hydrogens is 223 g/mol. The van der Waals surface area contributed by atoms with E-state index in [9.17, 15) is 24.3 Å². The van der Waals surface area contributed by atoms with Crippen molar-refractivity contribution in [3.8, 4) is 0 Å². The molecule has 0 spiro atoms. The maximum atomic E-state index is 11.0. The highest BCUT2D eigenvalue weighted by molar-refractivity contribution is 7.73. The zero-order valence-corrected chi connectivity index (χ0v) is 8.14. The van der Waals surface area contributed by atoms with E-state index >= 15 is 0 Å². The number of rotatable bonds is 3. The van der Waals surface area contributed by atoms with Crippen LogP contribution in [0, 0.1) is 0 Å². The van der Waals surface area contributed by atoms with Gasteiger partial charge in [-0.2, -0.15) is 0 Å². The Balaban J connectivity index is 3.26. The highest BCUT2D eigenvalue weighted by atomic mass is 31.2. The van der Waals surface area contributed by atoms with Crippen LogP contribution in [0.25, 0.3) is 0 Å². The maximum Gasteiger partial charge on any atom is 0.336 e. The molecule has 0 heterocycles. The van der Waals surface area contributed by atoms with Crippen LogP contribution in [0.4, 0.5) is 0 Å². The predicted octanol–water partition coefficient (Wildman–Crippen LogP) is -1.63. The first kappa shape index (κ1) is 11.7. The van der Waals surface area contributed by atoms with Crippen molar-refractivity contribution in [3.63, 3.8) is 0 Å². The maximum absolute atomic E-state index is 11.0. The molecule has 0 aromatic heterocycles. The van der Waals surface area contributed by atoms with E-state index in [2.05, 4.69) is 0 Å². The summed E-state index contributed by atoms with van der Waals surface area (Å²) in [6.07, 6.45) is 0. The molecular formula is C8H5O6P-2. The standard InChI is InChI=1S/C8H7O6P/c9-7(10)5-3-1-2-4-6(5)8(11)15(12,13)14/h1-4H,(H,9,10)(H2,12,13,14)/p-2. The Morgan fingerprint density at radius 3 is 1.93 bits per heavy atom. The van der Waals surface area contributed by atoms with Gasteiger partial charge in [0.1, 0.15) is 0 Å². The van der Waals surface area contributed by atoms with Crippen LogP contribution in [0.5, 0.6) is 0 Å². The van der Waals surface area contributed by atoms with Crippen molar-refractivity contribution < 1.29 is 29.4 Å². The van der Waals surface area contributed by atoms with E-state index < -0.39 is 30.6 Å². The third kappa shape index (κ3) is 2.57. The predicted molar refractivity (Wildman–Crippen MR) is 44.7 cm³/mol. The minimum absolute atomic E-state index is 0.505. The average molecular weight is 228 g/mol. The summed E-state index contributed by atoms with van der Waals surface area (Å²) >= 11 is 0. The SMILES string of the molecule is O=C(O)c1ccccc1C(=O)[P+]([O-])([O-])[O-]. The molecule has 1 aromatic rings. The number of carboxylic acids is 1. The van der Waals surface area contributed by atoms with Gasteiger partial charge in [0.05, 0.1) is 11.1 Å². The fourth-order valence-corrected chi connectivity index (χ4v) is 1.49. The largest absolute Gasteiger partial charge is 0.681 e. The number of carbonyl (C=O) groups is 2. The van der Waals surface area contributed by atoms with Crippen molar-refractivity contribution in [1.29, 1.82) is 0 Å². The number of hydrogen-bond acceptors (Lipinski definition) is 5. The van der Waals surface area contributed by atoms with Gasteiger partial charge in [-0.1, -0.05) is 20.1 Å². The number of aromatic carboxylic acids is 1. The molecule has 0 aliphatic heterocycles. The van der Waals surface area contributed by atoms with Crippen molar-refractivity contribution >= 4 is 19.4 Å². The number of benzene rings is 1. The molecule has 0 aliphatic carbocycles. The lowest BCUT2D eigenvalue weighted by atomic mass is 10.1. The van der Waals surface area contributed by atoms with E-state index in [1.165, 1.54) is 12.1 Å². The van der Waals surface area contributed by atoms with E-state index in [-0.39, 0.29) is 0 Å². The molecule has 80 valence electrons. The van der Waals surface area contributed by atoms with E-state index in [0.29, 0.717) is 0 Å². The van der Waals surface area contributed by atoms with Crippen molar-refractivity contribution in [2.45, 2.75) is 0 Å². The van der Waals surface area contributed by atoms with Gasteiger partial charge in [-0.25, -0.2) is 9.59 Å². The Labute approximate surface area is 85.0 Å². The molecule has 15 heavy (non-hydrogen) atoms. The van der Waals surface area contributed by atoms with Crippen molar-refractivity contribution in [2.75, 3.05) is 0 Å². The smallest absolute Gasteiger partial charge is 0.336 e. The summed E-state index contributed by atoms with van der Waals surface area (Å²) in [5.74, 6) is -1.47. The molecule has 6 nitrogen and oxygen atoms in total. The molecule has 0 amide bonds. The highest BCUT2D eigenvalue weighted by Crippen LogP contribution is 2.34. The number of hydrogen-bond donors (Lipinski definition) is 1. The van der Waals surface area contributed by atoms with E-state index in [4.69, 9.17) is 5.11 Å². The number of carbonyl (C=O) groups excluding carboxylic acids is 1. The van der Waals surface area contributed by atoms with Crippen LogP contribution in [-0.4, -0.2) is 16.6 Å². The van der Waals surface area contributed by atoms with Gasteiger partial charge in [0.15, 0.2) is 0 Å². The van der Waals surface area contributed by atoms with Crippen molar-refractivity contribution in [1.82, 2.24) is 0 Å². The van der Waals surface area contributed by atoms with Gasteiger partial charge in [-0.3, -0.25) is 0 Å². The van der Waals surface area contributed by atoms with Gasteiger partial charge >= 0.3 is 5.97 Å². The molecule has 0 saturated carbocycles. The van der Waals surface area contributed by atoms with Gasteiger partial charge in [-0.05, 0) is 12.1 Å². The van der Waals surface area contributed by atoms with Gasteiger partial charge in [0.25, 0.3) is 5.52 Å². The summed E-state index contributed by atoms with van der Waals surface area (Å²) in [5, 5.41) is 8.63. The Hall–Kier alpha value is -1.33. The van der Waals surface area contributed by atoms with Crippen LogP contribution in [0.15, 0.2) is 24.3 Å². The molecule has 0 aliphatic rings. The minimum atomic E-state index is -5.45. The molecule has 1 aromatic carbocycles. The van der Waals surface area contributed by atoms with Crippen LogP contribution in [0.2, 0.25) is 0 Å². The average Bonchev–Trinajstić information content (AvgIpc) is 2.15. The Kier molecular flexibility index (Phi) is 3.16. The molecule has 1 rings (SSSR count). The van der Waals surface area contributed by atoms with Crippen molar-refractivity contribution in [3.05, 3.63) is 35.4 Å². The third-order valence-corrected chi connectivity index (χ3v) is 2.37. The quantitative estimate of drug-likeness (QED) is 0.619. The van der Waals surface area contributed by atoms with Gasteiger partial charge in [-0.15, -0.1) is 0 Å². The summed E-state index contributed by atoms with van der Waals surface area (Å²) < 4.78 is 0. The molecule has 0 bridgehead atoms. The summed E-state index contributed by atoms with van der Waals surface area (Å²) in [6, 6.07) is 4.62. The van der Waals surface area contributed by atoms with Crippen molar-refractivity contribution in [2.24, 2.45) is 0 Å². The van der Waals surface area contributed by atoms with Crippen LogP contribution >= 0.6 is 7.94 Å². The summed E-state index contributed by atoms with van der Waals surface area (Å²) in [6.45, 7) is 0. The van der Waals surface area contributed by atoms with Crippen LogP contribution in [0.3, 0.4) is 0 Å². The second-order valence-electron chi connectivity index (χ2n) is 2.65. The van der Waals surface area contributed by atoms with Gasteiger partial charge in [0, 0.05) is 0 Å². The molecule has 0 unspecified atom stereocenters. The Morgan fingerprint density at radius 2 is 1.53 bits per heavy atom. The lowest BCUT2D eigenvalue weighted by Gasteiger charge is -2.38. The monoisotopic (exact) mass is 228 g/mol. The zero-order valence-electron chi connectivity index (χ0n) is 7.25. The first-order chi connectivity index (χ1) is 6.84. The third-order valence-electron chi connectivity index (χ3n) is 1.64. The molecule has 0 saturated heterocycles. The molecule has 0 radical (unpaired) electrons. The normalized spacial score (nSPS) is 11.1. The lowest BCUT2D eigenvalue weighted by Crippen LogP contribution is -2.38. The van der Waals surface area contributed by atoms with Gasteiger partial charge < -0.3 is 19.8 Å². The second kappa shape index (κ2) is 4.04. The highest BCUT2D eigenvalue weighted by Gasteiger charge is 2.21. The topological polar surface area (TPSA) is 124 Å². The lowest BCUT2D eigenvalue weighted by molar-refractivity contribution is -0.420. The van der Waals surface area contributed by atoms with E-state index in [1.54, 1.807) is 0 Å². The zero-order chi connectivity index (χ0) is 11.6. The molecule has 1 N–H and O–H groups in total. The summed E-state index contributed by atoms with van der Waals surface area (Å²) in [4.78, 5) is 53.0. The van der Waals surface area contributed by atoms with E-state index in [1.807, 2.05) is 0 Å².